The van der Waals surface area contributed by atoms with Gasteiger partial charge in [0.15, 0.2) is 0 Å². The van der Waals surface area contributed by atoms with Crippen molar-refractivity contribution in [1.29, 1.82) is 0 Å². The fraction of sp³-hybridized carbons (Fsp3) is 0.278. The van der Waals surface area contributed by atoms with E-state index in [1.54, 1.807) is 10.9 Å². The average Bonchev–Trinajstić information content (AvgIpc) is 3.37. The molecule has 0 bridgehead atoms. The van der Waals surface area contributed by atoms with Crippen molar-refractivity contribution in [3.8, 4) is 5.69 Å². The highest BCUT2D eigenvalue weighted by atomic mass is 16.5. The molecule has 1 fully saturated rings. The smallest absolute Gasteiger partial charge is 0.226 e. The van der Waals surface area contributed by atoms with Gasteiger partial charge in [0.2, 0.25) is 5.91 Å². The number of para-hydroxylation sites is 1. The van der Waals surface area contributed by atoms with E-state index in [2.05, 4.69) is 20.6 Å². The third kappa shape index (κ3) is 3.46. The second-order valence-electron chi connectivity index (χ2n) is 6.03. The van der Waals surface area contributed by atoms with E-state index in [0.717, 1.165) is 23.5 Å². The number of rotatable bonds is 5. The van der Waals surface area contributed by atoms with Crippen molar-refractivity contribution in [3.05, 3.63) is 66.2 Å². The highest BCUT2D eigenvalue weighted by Crippen LogP contribution is 2.27. The Hall–Kier alpha value is -2.93. The number of hydrogen-bond donors (Lipinski definition) is 2. The molecule has 7 heteroatoms. The van der Waals surface area contributed by atoms with Crippen molar-refractivity contribution in [2.24, 2.45) is 0 Å². The quantitative estimate of drug-likeness (QED) is 0.743. The van der Waals surface area contributed by atoms with Crippen LogP contribution >= 0.6 is 0 Å². The fourth-order valence-corrected chi connectivity index (χ4v) is 3.07. The lowest BCUT2D eigenvalue weighted by Crippen LogP contribution is -2.37. The molecule has 3 heterocycles. The fourth-order valence-electron chi connectivity index (χ4n) is 3.07. The van der Waals surface area contributed by atoms with Crippen LogP contribution in [0, 0.1) is 0 Å². The highest BCUT2D eigenvalue weighted by molar-refractivity contribution is 5.78. The Labute approximate surface area is 145 Å². The Kier molecular flexibility index (Phi) is 4.30. The summed E-state index contributed by atoms with van der Waals surface area (Å²) in [6, 6.07) is 13.5. The second-order valence-corrected chi connectivity index (χ2v) is 6.03. The summed E-state index contributed by atoms with van der Waals surface area (Å²) in [6.07, 6.45) is 4.41. The zero-order valence-electron chi connectivity index (χ0n) is 13.6. The minimum Gasteiger partial charge on any atom is -0.370 e. The number of H-pyrrole nitrogens is 1. The molecule has 25 heavy (non-hydrogen) atoms. The maximum atomic E-state index is 12.4. The van der Waals surface area contributed by atoms with Crippen LogP contribution in [0.5, 0.6) is 0 Å². The van der Waals surface area contributed by atoms with E-state index in [9.17, 15) is 4.79 Å². The Balaban J connectivity index is 1.39. The molecule has 0 spiro atoms. The second kappa shape index (κ2) is 6.90. The van der Waals surface area contributed by atoms with Crippen LogP contribution in [0.15, 0.2) is 54.9 Å². The van der Waals surface area contributed by atoms with Crippen molar-refractivity contribution < 1.29 is 9.53 Å². The largest absolute Gasteiger partial charge is 0.370 e. The number of nitrogens with one attached hydrogen (secondary N) is 2. The molecule has 1 aromatic carbocycles. The first-order chi connectivity index (χ1) is 12.3. The van der Waals surface area contributed by atoms with Gasteiger partial charge in [-0.3, -0.25) is 9.89 Å². The Morgan fingerprint density at radius 1 is 1.28 bits per heavy atom. The van der Waals surface area contributed by atoms with Gasteiger partial charge < -0.3 is 10.1 Å². The van der Waals surface area contributed by atoms with Gasteiger partial charge in [0.1, 0.15) is 6.10 Å². The third-order valence-corrected chi connectivity index (χ3v) is 4.27. The van der Waals surface area contributed by atoms with Crippen molar-refractivity contribution in [2.75, 3.05) is 6.61 Å². The molecule has 128 valence electrons. The van der Waals surface area contributed by atoms with Gasteiger partial charge in [-0.05, 0) is 30.7 Å². The van der Waals surface area contributed by atoms with Crippen molar-refractivity contribution >= 4 is 5.91 Å². The van der Waals surface area contributed by atoms with Crippen LogP contribution in [0.2, 0.25) is 0 Å². The Morgan fingerprint density at radius 2 is 2.16 bits per heavy atom. The summed E-state index contributed by atoms with van der Waals surface area (Å²) < 4.78 is 7.49. The van der Waals surface area contributed by atoms with E-state index >= 15 is 0 Å². The van der Waals surface area contributed by atoms with Crippen molar-refractivity contribution in [1.82, 2.24) is 25.3 Å². The van der Waals surface area contributed by atoms with E-state index in [0.29, 0.717) is 6.61 Å². The zero-order valence-corrected chi connectivity index (χ0v) is 13.6. The first-order valence-electron chi connectivity index (χ1n) is 8.30. The minimum absolute atomic E-state index is 0.0517. The van der Waals surface area contributed by atoms with E-state index in [-0.39, 0.29) is 24.5 Å². The zero-order chi connectivity index (χ0) is 17.1. The first kappa shape index (κ1) is 15.6. The highest BCUT2D eigenvalue weighted by Gasteiger charge is 2.31. The number of nitrogens with zero attached hydrogens (tertiary/aromatic N) is 3. The molecule has 2 N–H and O–H groups in total. The molecule has 3 aromatic rings. The van der Waals surface area contributed by atoms with Gasteiger partial charge in [0.05, 0.1) is 29.5 Å². The molecule has 0 unspecified atom stereocenters. The number of carbonyl (C=O) groups is 1. The van der Waals surface area contributed by atoms with E-state index in [1.165, 1.54) is 0 Å². The summed E-state index contributed by atoms with van der Waals surface area (Å²) in [5, 5.41) is 14.4. The number of ether oxygens (including phenoxy) is 1. The summed E-state index contributed by atoms with van der Waals surface area (Å²) in [7, 11) is 0. The Morgan fingerprint density at radius 3 is 2.96 bits per heavy atom. The summed E-state index contributed by atoms with van der Waals surface area (Å²) in [6.45, 7) is 0.622. The van der Waals surface area contributed by atoms with Gasteiger partial charge in [0.25, 0.3) is 0 Å². The maximum Gasteiger partial charge on any atom is 0.226 e. The van der Waals surface area contributed by atoms with Gasteiger partial charge in [-0.15, -0.1) is 0 Å². The van der Waals surface area contributed by atoms with Gasteiger partial charge in [0, 0.05) is 19.0 Å². The van der Waals surface area contributed by atoms with Crippen LogP contribution in [0.3, 0.4) is 0 Å². The number of carbonyl (C=O) groups excluding carboxylic acids is 1. The molecule has 0 radical (unpaired) electrons. The molecule has 2 atom stereocenters. The van der Waals surface area contributed by atoms with Crippen molar-refractivity contribution in [2.45, 2.75) is 25.0 Å². The van der Waals surface area contributed by atoms with Gasteiger partial charge in [-0.25, -0.2) is 4.68 Å². The summed E-state index contributed by atoms with van der Waals surface area (Å²) in [4.78, 5) is 12.4. The molecule has 1 saturated heterocycles. The van der Waals surface area contributed by atoms with Crippen LogP contribution in [0.1, 0.15) is 23.9 Å². The molecule has 0 saturated carbocycles. The SMILES string of the molecule is O=C(Cc1ccn(-c2ccccc2)n1)N[C@@H]1CCO[C@H]1c1ccn[nH]1. The molecule has 0 aliphatic carbocycles. The molecular formula is C18H19N5O2. The number of benzene rings is 1. The summed E-state index contributed by atoms with van der Waals surface area (Å²) in [5.74, 6) is -0.0571. The lowest BCUT2D eigenvalue weighted by Gasteiger charge is -2.18. The van der Waals surface area contributed by atoms with Crippen LogP contribution < -0.4 is 5.32 Å². The number of amides is 1. The van der Waals surface area contributed by atoms with Crippen LogP contribution in [0.25, 0.3) is 5.69 Å². The number of aromatic amines is 1. The molecule has 1 aliphatic rings. The average molecular weight is 337 g/mol. The minimum atomic E-state index is -0.173. The molecule has 7 nitrogen and oxygen atoms in total. The van der Waals surface area contributed by atoms with E-state index < -0.39 is 0 Å². The van der Waals surface area contributed by atoms with Crippen molar-refractivity contribution in [3.63, 3.8) is 0 Å². The summed E-state index contributed by atoms with van der Waals surface area (Å²) in [5.41, 5.74) is 2.59. The number of hydrogen-bond acceptors (Lipinski definition) is 4. The number of aromatic nitrogens is 4. The molecule has 1 amide bonds. The predicted octanol–water partition coefficient (Wildman–Crippen LogP) is 1.78. The van der Waals surface area contributed by atoms with Crippen LogP contribution in [-0.4, -0.2) is 38.5 Å². The molecule has 1 aliphatic heterocycles. The first-order valence-corrected chi connectivity index (χ1v) is 8.30. The van der Waals surface area contributed by atoms with E-state index in [1.807, 2.05) is 48.7 Å². The van der Waals surface area contributed by atoms with Crippen LogP contribution in [0.4, 0.5) is 0 Å². The van der Waals surface area contributed by atoms with Crippen LogP contribution in [-0.2, 0) is 16.0 Å². The molecular weight excluding hydrogens is 318 g/mol. The summed E-state index contributed by atoms with van der Waals surface area (Å²) >= 11 is 0. The van der Waals surface area contributed by atoms with E-state index in [4.69, 9.17) is 4.74 Å². The molecule has 4 rings (SSSR count). The lowest BCUT2D eigenvalue weighted by atomic mass is 10.1. The lowest BCUT2D eigenvalue weighted by molar-refractivity contribution is -0.121. The van der Waals surface area contributed by atoms with Gasteiger partial charge in [-0.2, -0.15) is 10.2 Å². The van der Waals surface area contributed by atoms with Gasteiger partial charge >= 0.3 is 0 Å². The topological polar surface area (TPSA) is 84.8 Å². The standard InChI is InChI=1S/C18H19N5O2/c24-17(20-15-8-11-25-18(15)16-6-9-19-21-16)12-13-7-10-23(22-13)14-4-2-1-3-5-14/h1-7,9-10,15,18H,8,11-12H2,(H,19,21)(H,20,24)/t15-,18-/m1/s1. The normalized spacial score (nSPS) is 19.8. The third-order valence-electron chi connectivity index (χ3n) is 4.27. The maximum absolute atomic E-state index is 12.4. The monoisotopic (exact) mass is 337 g/mol. The predicted molar refractivity (Wildman–Crippen MR) is 91.1 cm³/mol. The van der Waals surface area contributed by atoms with Gasteiger partial charge in [-0.1, -0.05) is 18.2 Å². The Bertz CT molecular complexity index is 828. The molecule has 2 aromatic heterocycles.